The van der Waals surface area contributed by atoms with Crippen LogP contribution in [0.5, 0.6) is 0 Å². The molecule has 1 saturated heterocycles. The fourth-order valence-electron chi connectivity index (χ4n) is 1.40. The van der Waals surface area contributed by atoms with Crippen molar-refractivity contribution in [3.8, 4) is 0 Å². The first-order valence-corrected chi connectivity index (χ1v) is 5.19. The van der Waals surface area contributed by atoms with Crippen LogP contribution in [0.2, 0.25) is 0 Å². The van der Waals surface area contributed by atoms with Gasteiger partial charge in [0.15, 0.2) is 0 Å². The van der Waals surface area contributed by atoms with Crippen molar-refractivity contribution in [3.63, 3.8) is 0 Å². The van der Waals surface area contributed by atoms with Gasteiger partial charge in [0.1, 0.15) is 0 Å². The lowest BCUT2D eigenvalue weighted by atomic mass is 10.2. The molecule has 1 aromatic rings. The molecular weight excluding hydrogens is 170 g/mol. The molecule has 1 aliphatic rings. The Bertz CT molecular complexity index is 216. The summed E-state index contributed by atoms with van der Waals surface area (Å²) < 4.78 is 0. The standard InChI is InChI=1S/C8H13N3S/c1-3-9-4-2-7(1)12-8-5-10-6-11-8/h5-7,9H,1-4H2,(H,10,11). The van der Waals surface area contributed by atoms with Crippen LogP contribution < -0.4 is 5.32 Å². The summed E-state index contributed by atoms with van der Waals surface area (Å²) in [5.41, 5.74) is 0. The summed E-state index contributed by atoms with van der Waals surface area (Å²) in [5.74, 6) is 0. The summed E-state index contributed by atoms with van der Waals surface area (Å²) in [6.45, 7) is 2.32. The Kier molecular flexibility index (Phi) is 2.68. The van der Waals surface area contributed by atoms with E-state index in [2.05, 4.69) is 15.3 Å². The molecule has 2 rings (SSSR count). The second-order valence-electron chi connectivity index (χ2n) is 2.98. The number of nitrogens with zero attached hydrogens (tertiary/aromatic N) is 1. The Balaban J connectivity index is 1.86. The van der Waals surface area contributed by atoms with Crippen LogP contribution in [0.15, 0.2) is 17.6 Å². The van der Waals surface area contributed by atoms with Crippen molar-refractivity contribution in [1.29, 1.82) is 0 Å². The minimum absolute atomic E-state index is 0.770. The largest absolute Gasteiger partial charge is 0.340 e. The van der Waals surface area contributed by atoms with E-state index < -0.39 is 0 Å². The van der Waals surface area contributed by atoms with Crippen molar-refractivity contribution in [2.75, 3.05) is 13.1 Å². The molecule has 4 heteroatoms. The summed E-state index contributed by atoms with van der Waals surface area (Å²) >= 11 is 1.91. The maximum atomic E-state index is 4.00. The van der Waals surface area contributed by atoms with Crippen LogP contribution in [0.25, 0.3) is 0 Å². The number of H-pyrrole nitrogens is 1. The average molecular weight is 183 g/mol. The summed E-state index contributed by atoms with van der Waals surface area (Å²) in [4.78, 5) is 7.11. The van der Waals surface area contributed by atoms with Gasteiger partial charge in [0.2, 0.25) is 0 Å². The number of imidazole rings is 1. The number of aromatic nitrogens is 2. The molecule has 0 spiro atoms. The number of aromatic amines is 1. The van der Waals surface area contributed by atoms with Crippen LogP contribution in [0.3, 0.4) is 0 Å². The van der Waals surface area contributed by atoms with E-state index in [9.17, 15) is 0 Å². The zero-order valence-electron chi connectivity index (χ0n) is 6.92. The van der Waals surface area contributed by atoms with E-state index in [0.29, 0.717) is 0 Å². The van der Waals surface area contributed by atoms with E-state index in [1.807, 2.05) is 18.0 Å². The van der Waals surface area contributed by atoms with E-state index in [4.69, 9.17) is 0 Å². The molecule has 0 atom stereocenters. The molecule has 0 bridgehead atoms. The minimum atomic E-state index is 0.770. The lowest BCUT2D eigenvalue weighted by Crippen LogP contribution is -2.29. The van der Waals surface area contributed by atoms with Gasteiger partial charge >= 0.3 is 0 Å². The quantitative estimate of drug-likeness (QED) is 0.725. The molecule has 1 aliphatic heterocycles. The predicted octanol–water partition coefficient (Wildman–Crippen LogP) is 1.25. The minimum Gasteiger partial charge on any atom is -0.340 e. The average Bonchev–Trinajstić information content (AvgIpc) is 2.59. The number of hydrogen-bond donors (Lipinski definition) is 2. The fourth-order valence-corrected chi connectivity index (χ4v) is 2.47. The van der Waals surface area contributed by atoms with Crippen molar-refractivity contribution in [1.82, 2.24) is 15.3 Å². The second kappa shape index (κ2) is 3.96. The molecule has 2 N–H and O–H groups in total. The maximum absolute atomic E-state index is 4.00. The van der Waals surface area contributed by atoms with Crippen LogP contribution in [0.1, 0.15) is 12.8 Å². The van der Waals surface area contributed by atoms with E-state index in [-0.39, 0.29) is 0 Å². The molecule has 0 saturated carbocycles. The molecule has 1 fully saturated rings. The van der Waals surface area contributed by atoms with E-state index >= 15 is 0 Å². The highest BCUT2D eigenvalue weighted by Gasteiger charge is 2.14. The molecule has 0 aromatic carbocycles. The first-order chi connectivity index (χ1) is 5.95. The number of nitrogens with one attached hydrogen (secondary N) is 2. The zero-order valence-corrected chi connectivity index (χ0v) is 7.73. The van der Waals surface area contributed by atoms with Gasteiger partial charge in [0.05, 0.1) is 17.6 Å². The van der Waals surface area contributed by atoms with Crippen molar-refractivity contribution >= 4 is 11.8 Å². The fraction of sp³-hybridized carbons (Fsp3) is 0.625. The zero-order chi connectivity index (χ0) is 8.23. The van der Waals surface area contributed by atoms with Gasteiger partial charge in [-0.05, 0) is 25.9 Å². The topological polar surface area (TPSA) is 40.7 Å². The van der Waals surface area contributed by atoms with Gasteiger partial charge in [-0.25, -0.2) is 4.98 Å². The number of hydrogen-bond acceptors (Lipinski definition) is 3. The van der Waals surface area contributed by atoms with E-state index in [1.165, 1.54) is 17.9 Å². The van der Waals surface area contributed by atoms with Crippen molar-refractivity contribution in [2.24, 2.45) is 0 Å². The first-order valence-electron chi connectivity index (χ1n) is 4.31. The molecule has 0 aliphatic carbocycles. The third-order valence-corrected chi connectivity index (χ3v) is 3.33. The Morgan fingerprint density at radius 2 is 2.25 bits per heavy atom. The van der Waals surface area contributed by atoms with Gasteiger partial charge in [-0.2, -0.15) is 0 Å². The summed E-state index contributed by atoms with van der Waals surface area (Å²) in [5, 5.41) is 5.32. The summed E-state index contributed by atoms with van der Waals surface area (Å²) in [6, 6.07) is 0. The third-order valence-electron chi connectivity index (χ3n) is 2.05. The molecule has 3 nitrogen and oxygen atoms in total. The molecule has 66 valence electrons. The monoisotopic (exact) mass is 183 g/mol. The smallest absolute Gasteiger partial charge is 0.0928 e. The Hall–Kier alpha value is -0.480. The molecule has 0 radical (unpaired) electrons. The highest BCUT2D eigenvalue weighted by Crippen LogP contribution is 2.26. The normalized spacial score (nSPS) is 19.7. The van der Waals surface area contributed by atoms with Gasteiger partial charge in [-0.3, -0.25) is 0 Å². The van der Waals surface area contributed by atoms with Crippen LogP contribution in [-0.2, 0) is 0 Å². The van der Waals surface area contributed by atoms with Crippen molar-refractivity contribution < 1.29 is 0 Å². The Labute approximate surface area is 76.4 Å². The first kappa shape index (κ1) is 8.13. The molecule has 2 heterocycles. The van der Waals surface area contributed by atoms with E-state index in [0.717, 1.165) is 18.3 Å². The SMILES string of the molecule is c1ncc(SC2CCNCC2)[nH]1. The maximum Gasteiger partial charge on any atom is 0.0928 e. The van der Waals surface area contributed by atoms with Crippen molar-refractivity contribution in [2.45, 2.75) is 23.1 Å². The summed E-state index contributed by atoms with van der Waals surface area (Å²) in [6.07, 6.45) is 6.17. The molecule has 1 aromatic heterocycles. The number of rotatable bonds is 2. The Morgan fingerprint density at radius 3 is 2.92 bits per heavy atom. The lowest BCUT2D eigenvalue weighted by molar-refractivity contribution is 0.531. The van der Waals surface area contributed by atoms with Gasteiger partial charge in [-0.15, -0.1) is 11.8 Å². The predicted molar refractivity (Wildman–Crippen MR) is 50.3 cm³/mol. The number of thioether (sulfide) groups is 1. The highest BCUT2D eigenvalue weighted by molar-refractivity contribution is 7.99. The van der Waals surface area contributed by atoms with Gasteiger partial charge in [0, 0.05) is 5.25 Å². The molecule has 0 amide bonds. The van der Waals surface area contributed by atoms with Crippen molar-refractivity contribution in [3.05, 3.63) is 12.5 Å². The third kappa shape index (κ3) is 2.01. The Morgan fingerprint density at radius 1 is 1.42 bits per heavy atom. The highest BCUT2D eigenvalue weighted by atomic mass is 32.2. The second-order valence-corrected chi connectivity index (χ2v) is 4.33. The van der Waals surface area contributed by atoms with Gasteiger partial charge in [0.25, 0.3) is 0 Å². The molecule has 12 heavy (non-hydrogen) atoms. The van der Waals surface area contributed by atoms with Gasteiger partial charge in [-0.1, -0.05) is 0 Å². The van der Waals surface area contributed by atoms with Crippen LogP contribution in [0, 0.1) is 0 Å². The van der Waals surface area contributed by atoms with Gasteiger partial charge < -0.3 is 10.3 Å². The van der Waals surface area contributed by atoms with Crippen LogP contribution >= 0.6 is 11.8 Å². The number of piperidine rings is 1. The summed E-state index contributed by atoms with van der Waals surface area (Å²) in [7, 11) is 0. The van der Waals surface area contributed by atoms with E-state index in [1.54, 1.807) is 6.33 Å². The van der Waals surface area contributed by atoms with Crippen LogP contribution in [-0.4, -0.2) is 28.3 Å². The molecule has 0 unspecified atom stereocenters. The molecular formula is C8H13N3S. The lowest BCUT2D eigenvalue weighted by Gasteiger charge is -2.20. The van der Waals surface area contributed by atoms with Crippen LogP contribution in [0.4, 0.5) is 0 Å².